The minimum absolute atomic E-state index is 0.0980. The highest BCUT2D eigenvalue weighted by Crippen LogP contribution is 2.28. The Morgan fingerprint density at radius 1 is 1.07 bits per heavy atom. The Morgan fingerprint density at radius 3 is 2.21 bits per heavy atom. The first-order valence-corrected chi connectivity index (χ1v) is 10.8. The van der Waals surface area contributed by atoms with Gasteiger partial charge in [0.25, 0.3) is 0 Å². The summed E-state index contributed by atoms with van der Waals surface area (Å²) in [7, 11) is -2.40. The molecule has 0 amide bonds. The molecule has 0 unspecified atom stereocenters. The molecule has 0 radical (unpaired) electrons. The van der Waals surface area contributed by atoms with Gasteiger partial charge in [-0.15, -0.1) is 0 Å². The highest BCUT2D eigenvalue weighted by atomic mass is 32.2. The van der Waals surface area contributed by atoms with Gasteiger partial charge in [-0.2, -0.15) is 4.31 Å². The van der Waals surface area contributed by atoms with Crippen LogP contribution in [0.3, 0.4) is 0 Å². The van der Waals surface area contributed by atoms with Crippen LogP contribution in [0.1, 0.15) is 34.1 Å². The van der Waals surface area contributed by atoms with E-state index in [4.69, 9.17) is 4.74 Å². The van der Waals surface area contributed by atoms with Crippen molar-refractivity contribution >= 4 is 26.8 Å². The number of benzene rings is 2. The summed E-state index contributed by atoms with van der Waals surface area (Å²) in [5.41, 5.74) is 0. The van der Waals surface area contributed by atoms with Gasteiger partial charge in [-0.3, -0.25) is 4.79 Å². The third-order valence-electron chi connectivity index (χ3n) is 4.75. The number of carboxylic acids is 1. The van der Waals surface area contributed by atoms with Crippen molar-refractivity contribution < 1.29 is 23.1 Å². The van der Waals surface area contributed by atoms with E-state index in [2.05, 4.69) is 0 Å². The Balaban J connectivity index is 2.53. The van der Waals surface area contributed by atoms with E-state index in [1.807, 2.05) is 19.9 Å². The number of methoxy groups -OCH3 is 1. The number of hydrogen-bond donors (Lipinski definition) is 1. The van der Waals surface area contributed by atoms with E-state index in [0.717, 1.165) is 15.1 Å². The standard InChI is InChI=1S/C21H29NO5S/c1-14(2)10-11-22(20(15(3)4)21(23)24)28(25,26)19-9-7-16-12-18(27-5)8-6-17(16)13-19/h6-9,12-15,20H,10-11H2,1-5H3,(H,23,24)/t20-/m1/s1. The predicted molar refractivity (Wildman–Crippen MR) is 110 cm³/mol. The maximum absolute atomic E-state index is 13.4. The van der Waals surface area contributed by atoms with Crippen molar-refractivity contribution in [1.82, 2.24) is 4.31 Å². The summed E-state index contributed by atoms with van der Waals surface area (Å²) < 4.78 is 33.1. The van der Waals surface area contributed by atoms with Crippen molar-refractivity contribution in [1.29, 1.82) is 0 Å². The van der Waals surface area contributed by atoms with Gasteiger partial charge in [-0.25, -0.2) is 8.42 Å². The molecule has 0 heterocycles. The molecule has 28 heavy (non-hydrogen) atoms. The van der Waals surface area contributed by atoms with Gasteiger partial charge in [0.15, 0.2) is 0 Å². The van der Waals surface area contributed by atoms with Crippen LogP contribution in [0.2, 0.25) is 0 Å². The van der Waals surface area contributed by atoms with Crippen molar-refractivity contribution in [3.63, 3.8) is 0 Å². The number of sulfonamides is 1. The lowest BCUT2D eigenvalue weighted by Gasteiger charge is -2.31. The molecule has 2 aromatic rings. The molecular formula is C21H29NO5S. The topological polar surface area (TPSA) is 83.9 Å². The van der Waals surface area contributed by atoms with Crippen LogP contribution in [0.4, 0.5) is 0 Å². The maximum atomic E-state index is 13.4. The second-order valence-corrected chi connectivity index (χ2v) is 9.59. The summed E-state index contributed by atoms with van der Waals surface area (Å²) in [5.74, 6) is -0.548. The van der Waals surface area contributed by atoms with Crippen LogP contribution in [-0.4, -0.2) is 43.5 Å². The molecule has 1 N–H and O–H groups in total. The van der Waals surface area contributed by atoms with Crippen molar-refractivity contribution in [2.24, 2.45) is 11.8 Å². The first-order chi connectivity index (χ1) is 13.1. The van der Waals surface area contributed by atoms with Gasteiger partial charge in [0.05, 0.1) is 12.0 Å². The molecule has 0 aromatic heterocycles. The number of carboxylic acid groups (broad SMARTS) is 1. The molecule has 154 valence electrons. The maximum Gasteiger partial charge on any atom is 0.322 e. The molecule has 0 saturated carbocycles. The number of fused-ring (bicyclic) bond motifs is 1. The Hall–Kier alpha value is -2.12. The summed E-state index contributed by atoms with van der Waals surface area (Å²) in [4.78, 5) is 12.0. The van der Waals surface area contributed by atoms with E-state index < -0.39 is 22.0 Å². The largest absolute Gasteiger partial charge is 0.497 e. The van der Waals surface area contributed by atoms with Crippen LogP contribution in [0.15, 0.2) is 41.3 Å². The second-order valence-electron chi connectivity index (χ2n) is 7.70. The van der Waals surface area contributed by atoms with Gasteiger partial charge in [0.1, 0.15) is 11.8 Å². The lowest BCUT2D eigenvalue weighted by atomic mass is 10.0. The van der Waals surface area contributed by atoms with Crippen molar-refractivity contribution in [3.8, 4) is 5.75 Å². The first kappa shape index (κ1) is 22.2. The molecule has 0 spiro atoms. The van der Waals surface area contributed by atoms with E-state index in [1.54, 1.807) is 45.2 Å². The Labute approximate surface area is 167 Å². The zero-order valence-corrected chi connectivity index (χ0v) is 17.9. The Kier molecular flexibility index (Phi) is 7.06. The number of nitrogens with zero attached hydrogens (tertiary/aromatic N) is 1. The smallest absolute Gasteiger partial charge is 0.322 e. The molecule has 0 saturated heterocycles. The molecule has 1 atom stereocenters. The molecular weight excluding hydrogens is 378 g/mol. The highest BCUT2D eigenvalue weighted by molar-refractivity contribution is 7.89. The fraction of sp³-hybridized carbons (Fsp3) is 0.476. The Bertz CT molecular complexity index is 937. The SMILES string of the molecule is COc1ccc2cc(S(=O)(=O)N(CCC(C)C)[C@@H](C(=O)O)C(C)C)ccc2c1. The summed E-state index contributed by atoms with van der Waals surface area (Å²) >= 11 is 0. The lowest BCUT2D eigenvalue weighted by Crippen LogP contribution is -2.48. The molecule has 0 fully saturated rings. The molecule has 0 aliphatic heterocycles. The molecule has 2 aromatic carbocycles. The minimum atomic E-state index is -3.97. The number of ether oxygens (including phenoxy) is 1. The number of carbonyl (C=O) groups is 1. The molecule has 0 bridgehead atoms. The van der Waals surface area contributed by atoms with Gasteiger partial charge in [0, 0.05) is 6.54 Å². The summed E-state index contributed by atoms with van der Waals surface area (Å²) in [6.07, 6.45) is 0.584. The van der Waals surface area contributed by atoms with Crippen molar-refractivity contribution in [3.05, 3.63) is 36.4 Å². The monoisotopic (exact) mass is 407 g/mol. The first-order valence-electron chi connectivity index (χ1n) is 9.40. The van der Waals surface area contributed by atoms with E-state index in [9.17, 15) is 18.3 Å². The zero-order valence-electron chi connectivity index (χ0n) is 17.0. The van der Waals surface area contributed by atoms with Crippen LogP contribution >= 0.6 is 0 Å². The summed E-state index contributed by atoms with van der Waals surface area (Å²) in [6, 6.07) is 9.11. The number of aliphatic carboxylic acids is 1. The summed E-state index contributed by atoms with van der Waals surface area (Å²) in [5, 5.41) is 11.3. The fourth-order valence-electron chi connectivity index (χ4n) is 3.16. The van der Waals surface area contributed by atoms with Gasteiger partial charge in [-0.1, -0.05) is 39.8 Å². The third kappa shape index (κ3) is 4.83. The summed E-state index contributed by atoms with van der Waals surface area (Å²) in [6.45, 7) is 7.58. The Morgan fingerprint density at radius 2 is 1.68 bits per heavy atom. The minimum Gasteiger partial charge on any atom is -0.497 e. The molecule has 6 nitrogen and oxygen atoms in total. The lowest BCUT2D eigenvalue weighted by molar-refractivity contribution is -0.143. The average molecular weight is 408 g/mol. The zero-order chi connectivity index (χ0) is 21.1. The van der Waals surface area contributed by atoms with Crippen molar-refractivity contribution in [2.45, 2.75) is 45.1 Å². The van der Waals surface area contributed by atoms with Crippen molar-refractivity contribution in [2.75, 3.05) is 13.7 Å². The van der Waals surface area contributed by atoms with Gasteiger partial charge < -0.3 is 9.84 Å². The van der Waals surface area contributed by atoms with E-state index in [0.29, 0.717) is 12.2 Å². The fourth-order valence-corrected chi connectivity index (χ4v) is 4.92. The third-order valence-corrected chi connectivity index (χ3v) is 6.62. The molecule has 0 aliphatic carbocycles. The molecule has 0 aliphatic rings. The van der Waals surface area contributed by atoms with Crippen LogP contribution in [-0.2, 0) is 14.8 Å². The normalized spacial score (nSPS) is 13.4. The number of rotatable bonds is 9. The molecule has 7 heteroatoms. The van der Waals surface area contributed by atoms with Crippen LogP contribution in [0, 0.1) is 11.8 Å². The average Bonchev–Trinajstić information content (AvgIpc) is 2.62. The van der Waals surface area contributed by atoms with E-state index in [1.165, 1.54) is 6.07 Å². The van der Waals surface area contributed by atoms with Gasteiger partial charge in [-0.05, 0) is 53.3 Å². The number of hydrogen-bond acceptors (Lipinski definition) is 4. The quantitative estimate of drug-likeness (QED) is 0.679. The van der Waals surface area contributed by atoms with Gasteiger partial charge in [0.2, 0.25) is 10.0 Å². The second kappa shape index (κ2) is 8.92. The van der Waals surface area contributed by atoms with Crippen LogP contribution in [0.25, 0.3) is 10.8 Å². The van der Waals surface area contributed by atoms with Crippen LogP contribution in [0.5, 0.6) is 5.75 Å². The predicted octanol–water partition coefficient (Wildman–Crippen LogP) is 3.99. The molecule has 2 rings (SSSR count). The van der Waals surface area contributed by atoms with E-state index >= 15 is 0 Å². The van der Waals surface area contributed by atoms with Gasteiger partial charge >= 0.3 is 5.97 Å². The highest BCUT2D eigenvalue weighted by Gasteiger charge is 2.37. The van der Waals surface area contributed by atoms with E-state index in [-0.39, 0.29) is 23.3 Å². The van der Waals surface area contributed by atoms with Crippen LogP contribution < -0.4 is 4.74 Å².